The molecule has 1 aliphatic rings. The van der Waals surface area contributed by atoms with E-state index in [0.29, 0.717) is 36.1 Å². The Hall–Kier alpha value is -2.05. The summed E-state index contributed by atoms with van der Waals surface area (Å²) in [6, 6.07) is 9.05. The summed E-state index contributed by atoms with van der Waals surface area (Å²) < 4.78 is 10.6. The van der Waals surface area contributed by atoms with Gasteiger partial charge in [-0.3, -0.25) is 0 Å². The second kappa shape index (κ2) is 7.02. The first-order chi connectivity index (χ1) is 11.2. The van der Waals surface area contributed by atoms with Crippen LogP contribution in [-0.2, 0) is 11.3 Å². The van der Waals surface area contributed by atoms with Gasteiger partial charge in [-0.15, -0.1) is 0 Å². The number of likely N-dealkylation sites (tertiary alicyclic amines) is 1. The maximum absolute atomic E-state index is 12.1. The SMILES string of the molecule is CO[C@@H]1CCN(C(=O)NCc2cc(-c3ccccc3Cl)on2)C1. The Bertz CT molecular complexity index is 689. The maximum atomic E-state index is 12.1. The number of amides is 2. The lowest BCUT2D eigenvalue weighted by Gasteiger charge is -2.16. The quantitative estimate of drug-likeness (QED) is 0.932. The highest BCUT2D eigenvalue weighted by atomic mass is 35.5. The maximum Gasteiger partial charge on any atom is 0.317 e. The van der Waals surface area contributed by atoms with E-state index in [1.807, 2.05) is 18.2 Å². The largest absolute Gasteiger partial charge is 0.380 e. The van der Waals surface area contributed by atoms with Gasteiger partial charge in [0.15, 0.2) is 5.76 Å². The summed E-state index contributed by atoms with van der Waals surface area (Å²) in [4.78, 5) is 13.8. The number of hydrogen-bond acceptors (Lipinski definition) is 4. The van der Waals surface area contributed by atoms with Crippen LogP contribution >= 0.6 is 11.6 Å². The van der Waals surface area contributed by atoms with Gasteiger partial charge >= 0.3 is 6.03 Å². The van der Waals surface area contributed by atoms with Crippen LogP contribution < -0.4 is 5.32 Å². The molecule has 1 aromatic heterocycles. The molecule has 1 atom stereocenters. The number of nitrogens with one attached hydrogen (secondary N) is 1. The molecular formula is C16H18ClN3O3. The summed E-state index contributed by atoms with van der Waals surface area (Å²) in [5, 5.41) is 7.41. The van der Waals surface area contributed by atoms with Crippen LogP contribution in [0.5, 0.6) is 0 Å². The van der Waals surface area contributed by atoms with Gasteiger partial charge in [-0.05, 0) is 18.6 Å². The summed E-state index contributed by atoms with van der Waals surface area (Å²) in [5.74, 6) is 0.584. The number of benzene rings is 1. The van der Waals surface area contributed by atoms with Crippen LogP contribution in [0.2, 0.25) is 5.02 Å². The molecule has 0 radical (unpaired) electrons. The fourth-order valence-corrected chi connectivity index (χ4v) is 2.79. The van der Waals surface area contributed by atoms with Gasteiger partial charge in [0.05, 0.1) is 17.7 Å². The second-order valence-electron chi connectivity index (χ2n) is 5.41. The normalized spacial score (nSPS) is 17.5. The molecule has 0 aliphatic carbocycles. The Kier molecular flexibility index (Phi) is 4.83. The van der Waals surface area contributed by atoms with Crippen molar-refractivity contribution in [2.75, 3.05) is 20.2 Å². The fraction of sp³-hybridized carbons (Fsp3) is 0.375. The molecule has 0 saturated carbocycles. The van der Waals surface area contributed by atoms with E-state index in [-0.39, 0.29) is 12.1 Å². The molecule has 2 amide bonds. The summed E-state index contributed by atoms with van der Waals surface area (Å²) in [6.45, 7) is 1.63. The molecule has 6 nitrogen and oxygen atoms in total. The van der Waals surface area contributed by atoms with Gasteiger partial charge in [0.1, 0.15) is 5.69 Å². The molecule has 2 aromatic rings. The van der Waals surface area contributed by atoms with E-state index in [1.54, 1.807) is 24.1 Å². The van der Waals surface area contributed by atoms with Gasteiger partial charge < -0.3 is 19.5 Å². The zero-order valence-corrected chi connectivity index (χ0v) is 13.5. The van der Waals surface area contributed by atoms with Crippen molar-refractivity contribution in [3.05, 3.63) is 41.0 Å². The lowest BCUT2D eigenvalue weighted by molar-refractivity contribution is 0.110. The lowest BCUT2D eigenvalue weighted by atomic mass is 10.1. The van der Waals surface area contributed by atoms with Crippen molar-refractivity contribution in [3.63, 3.8) is 0 Å². The molecule has 122 valence electrons. The van der Waals surface area contributed by atoms with Crippen LogP contribution in [0.3, 0.4) is 0 Å². The summed E-state index contributed by atoms with van der Waals surface area (Å²) in [7, 11) is 1.66. The van der Waals surface area contributed by atoms with Crippen LogP contribution in [0, 0.1) is 0 Å². The molecule has 1 aromatic carbocycles. The van der Waals surface area contributed by atoms with Crippen LogP contribution in [-0.4, -0.2) is 42.4 Å². The predicted molar refractivity (Wildman–Crippen MR) is 86.2 cm³/mol. The molecular weight excluding hydrogens is 318 g/mol. The van der Waals surface area contributed by atoms with E-state index in [1.165, 1.54) is 0 Å². The number of urea groups is 1. The Balaban J connectivity index is 1.58. The number of carbonyl (C=O) groups is 1. The molecule has 0 unspecified atom stereocenters. The Morgan fingerprint density at radius 3 is 3.09 bits per heavy atom. The van der Waals surface area contributed by atoms with E-state index in [4.69, 9.17) is 20.9 Å². The fourth-order valence-electron chi connectivity index (χ4n) is 2.57. The van der Waals surface area contributed by atoms with Crippen molar-refractivity contribution in [1.29, 1.82) is 0 Å². The average Bonchev–Trinajstić information content (AvgIpc) is 3.22. The summed E-state index contributed by atoms with van der Waals surface area (Å²) >= 11 is 6.13. The number of ether oxygens (including phenoxy) is 1. The summed E-state index contributed by atoms with van der Waals surface area (Å²) in [5.41, 5.74) is 1.43. The first-order valence-electron chi connectivity index (χ1n) is 7.43. The van der Waals surface area contributed by atoms with E-state index in [0.717, 1.165) is 12.0 Å². The van der Waals surface area contributed by atoms with Crippen molar-refractivity contribution in [2.45, 2.75) is 19.1 Å². The first kappa shape index (κ1) is 15.8. The van der Waals surface area contributed by atoms with Crippen molar-refractivity contribution < 1.29 is 14.1 Å². The zero-order valence-electron chi connectivity index (χ0n) is 12.8. The molecule has 1 N–H and O–H groups in total. The van der Waals surface area contributed by atoms with Crippen LogP contribution in [0.15, 0.2) is 34.9 Å². The standard InChI is InChI=1S/C16H18ClN3O3/c1-22-12-6-7-20(10-12)16(21)18-9-11-8-15(23-19-11)13-4-2-3-5-14(13)17/h2-5,8,12H,6-7,9-10H2,1H3,(H,18,21)/t12-/m1/s1. The minimum atomic E-state index is -0.119. The highest BCUT2D eigenvalue weighted by Gasteiger charge is 2.25. The van der Waals surface area contributed by atoms with Crippen LogP contribution in [0.1, 0.15) is 12.1 Å². The Morgan fingerprint density at radius 1 is 1.52 bits per heavy atom. The monoisotopic (exact) mass is 335 g/mol. The minimum Gasteiger partial charge on any atom is -0.380 e. The third-order valence-corrected chi connectivity index (χ3v) is 4.21. The van der Waals surface area contributed by atoms with Crippen LogP contribution in [0.4, 0.5) is 4.79 Å². The highest BCUT2D eigenvalue weighted by molar-refractivity contribution is 6.33. The number of halogens is 1. The van der Waals surface area contributed by atoms with Crippen molar-refractivity contribution in [2.24, 2.45) is 0 Å². The Labute approximate surface area is 139 Å². The zero-order chi connectivity index (χ0) is 16.2. The topological polar surface area (TPSA) is 67.6 Å². The van der Waals surface area contributed by atoms with Gasteiger partial charge in [0, 0.05) is 31.8 Å². The number of carbonyl (C=O) groups excluding carboxylic acids is 1. The molecule has 2 heterocycles. The molecule has 0 bridgehead atoms. The van der Waals surface area contributed by atoms with Crippen molar-refractivity contribution >= 4 is 17.6 Å². The van der Waals surface area contributed by atoms with Crippen molar-refractivity contribution in [1.82, 2.24) is 15.4 Å². The lowest BCUT2D eigenvalue weighted by Crippen LogP contribution is -2.38. The number of methoxy groups -OCH3 is 1. The van der Waals surface area contributed by atoms with Gasteiger partial charge in [-0.25, -0.2) is 4.79 Å². The number of aromatic nitrogens is 1. The number of rotatable bonds is 4. The predicted octanol–water partition coefficient (Wildman–Crippen LogP) is 2.93. The van der Waals surface area contributed by atoms with Crippen molar-refractivity contribution in [3.8, 4) is 11.3 Å². The van der Waals surface area contributed by atoms with Crippen LogP contribution in [0.25, 0.3) is 11.3 Å². The molecule has 0 spiro atoms. The molecule has 1 saturated heterocycles. The summed E-state index contributed by atoms with van der Waals surface area (Å²) in [6.07, 6.45) is 0.990. The third kappa shape index (κ3) is 3.65. The first-order valence-corrected chi connectivity index (χ1v) is 7.81. The van der Waals surface area contributed by atoms with E-state index in [2.05, 4.69) is 10.5 Å². The van der Waals surface area contributed by atoms with E-state index in [9.17, 15) is 4.79 Å². The highest BCUT2D eigenvalue weighted by Crippen LogP contribution is 2.27. The molecule has 3 rings (SSSR count). The van der Waals surface area contributed by atoms with E-state index < -0.39 is 0 Å². The van der Waals surface area contributed by atoms with Gasteiger partial charge in [-0.2, -0.15) is 0 Å². The smallest absolute Gasteiger partial charge is 0.317 e. The molecule has 1 fully saturated rings. The van der Waals surface area contributed by atoms with E-state index >= 15 is 0 Å². The molecule has 1 aliphatic heterocycles. The Morgan fingerprint density at radius 2 is 2.35 bits per heavy atom. The number of hydrogen-bond donors (Lipinski definition) is 1. The van der Waals surface area contributed by atoms with Gasteiger partial charge in [0.2, 0.25) is 0 Å². The molecule has 23 heavy (non-hydrogen) atoms. The van der Waals surface area contributed by atoms with Gasteiger partial charge in [0.25, 0.3) is 0 Å². The van der Waals surface area contributed by atoms with Gasteiger partial charge in [-0.1, -0.05) is 28.9 Å². The minimum absolute atomic E-state index is 0.119. The number of nitrogens with zero attached hydrogens (tertiary/aromatic N) is 2. The second-order valence-corrected chi connectivity index (χ2v) is 5.82. The third-order valence-electron chi connectivity index (χ3n) is 3.88. The average molecular weight is 336 g/mol. The molecule has 7 heteroatoms.